The Labute approximate surface area is 167 Å². The molecule has 0 fully saturated rings. The van der Waals surface area contributed by atoms with Crippen LogP contribution in [0.25, 0.3) is 0 Å². The summed E-state index contributed by atoms with van der Waals surface area (Å²) in [5, 5.41) is 2.12. The van der Waals surface area contributed by atoms with Crippen molar-refractivity contribution in [2.45, 2.75) is 18.4 Å². The van der Waals surface area contributed by atoms with E-state index in [1.54, 1.807) is 0 Å². The average Bonchev–Trinajstić information content (AvgIpc) is 2.72. The molecule has 0 radical (unpaired) electrons. The second-order valence-corrected chi connectivity index (χ2v) is 6.91. The first-order valence-electron chi connectivity index (χ1n) is 8.26. The molecule has 0 saturated carbocycles. The third kappa shape index (κ3) is 4.03. The summed E-state index contributed by atoms with van der Waals surface area (Å²) in [4.78, 5) is 19.7. The smallest absolute Gasteiger partial charge is 0.299 e. The number of aliphatic imine (C=N–C) groups is 1. The normalized spacial score (nSPS) is 21.2. The Morgan fingerprint density at radius 3 is 2.72 bits per heavy atom. The summed E-state index contributed by atoms with van der Waals surface area (Å²) in [6.45, 7) is -0.312. The molecule has 2 heterocycles. The molecule has 0 spiro atoms. The maximum atomic E-state index is 14.7. The Kier molecular flexibility index (Phi) is 5.50. The van der Waals surface area contributed by atoms with Crippen molar-refractivity contribution in [2.75, 3.05) is 18.5 Å². The lowest BCUT2D eigenvalue weighted by atomic mass is 9.85. The van der Waals surface area contributed by atoms with Crippen LogP contribution in [-0.2, 0) is 10.3 Å². The molecular weight excluding hydrogens is 416 g/mol. The van der Waals surface area contributed by atoms with Crippen molar-refractivity contribution in [3.63, 3.8) is 0 Å². The van der Waals surface area contributed by atoms with Crippen molar-refractivity contribution in [1.82, 2.24) is 4.98 Å². The highest BCUT2D eigenvalue weighted by atomic mass is 35.5. The molecule has 1 atom stereocenters. The van der Waals surface area contributed by atoms with Gasteiger partial charge in [-0.05, 0) is 31.2 Å². The van der Waals surface area contributed by atoms with Gasteiger partial charge in [-0.2, -0.15) is 0 Å². The summed E-state index contributed by atoms with van der Waals surface area (Å²) in [5.74, 6) is -6.35. The number of nitrogens with one attached hydrogen (secondary N) is 1. The molecule has 6 nitrogen and oxygen atoms in total. The number of hydrogen-bond acceptors (Lipinski definition) is 5. The van der Waals surface area contributed by atoms with Crippen molar-refractivity contribution in [3.8, 4) is 0 Å². The quantitative estimate of drug-likeness (QED) is 0.729. The first-order valence-corrected chi connectivity index (χ1v) is 8.63. The minimum atomic E-state index is -3.58. The van der Waals surface area contributed by atoms with Gasteiger partial charge in [-0.15, -0.1) is 0 Å². The number of pyridine rings is 1. The first kappa shape index (κ1) is 21.0. The fourth-order valence-electron chi connectivity index (χ4n) is 2.83. The number of halogens is 5. The summed E-state index contributed by atoms with van der Waals surface area (Å²) in [6.07, 6.45) is 0.793. The average molecular weight is 431 g/mol. The second kappa shape index (κ2) is 7.60. The van der Waals surface area contributed by atoms with Crippen LogP contribution in [0.15, 0.2) is 35.5 Å². The van der Waals surface area contributed by atoms with E-state index in [9.17, 15) is 22.4 Å². The van der Waals surface area contributed by atoms with Crippen molar-refractivity contribution < 1.29 is 27.1 Å². The second-order valence-electron chi connectivity index (χ2n) is 6.51. The third-order valence-corrected chi connectivity index (χ3v) is 4.67. The molecule has 1 aromatic heterocycles. The molecule has 3 N–H and O–H groups in total. The number of nitrogens with zero attached hydrogens (tertiary/aromatic N) is 2. The van der Waals surface area contributed by atoms with Gasteiger partial charge in [-0.3, -0.25) is 9.79 Å². The van der Waals surface area contributed by atoms with E-state index in [2.05, 4.69) is 15.3 Å². The van der Waals surface area contributed by atoms with E-state index in [1.165, 1.54) is 0 Å². The molecule has 1 aliphatic heterocycles. The van der Waals surface area contributed by atoms with Crippen LogP contribution in [0, 0.1) is 11.6 Å². The molecule has 2 aromatic rings. The number of aromatic nitrogens is 1. The van der Waals surface area contributed by atoms with E-state index in [0.717, 1.165) is 37.4 Å². The molecule has 0 bridgehead atoms. The standard InChI is InChI=1S/C18H15ClF4N4O2/c1-17(18(22,23)8-29-7-14(24)27-17)11-5-10(2-3-13(11)21)26-16(28)15-12(19)4-9(20)6-25-15/h2-6H,7-8H2,1H3,(H2,24,27)(H,26,28)/t17-/m1/s1. The maximum Gasteiger partial charge on any atom is 0.299 e. The summed E-state index contributed by atoms with van der Waals surface area (Å²) in [7, 11) is 0. The monoisotopic (exact) mass is 430 g/mol. The fourth-order valence-corrected chi connectivity index (χ4v) is 3.07. The van der Waals surface area contributed by atoms with Gasteiger partial charge in [-0.1, -0.05) is 11.6 Å². The van der Waals surface area contributed by atoms with Crippen LogP contribution in [0.4, 0.5) is 23.2 Å². The van der Waals surface area contributed by atoms with Crippen LogP contribution >= 0.6 is 11.6 Å². The highest BCUT2D eigenvalue weighted by Gasteiger charge is 2.54. The summed E-state index contributed by atoms with van der Waals surface area (Å²) in [6, 6.07) is 3.98. The van der Waals surface area contributed by atoms with Gasteiger partial charge in [0.05, 0.1) is 11.2 Å². The number of alkyl halides is 2. The predicted octanol–water partition coefficient (Wildman–Crippen LogP) is 3.50. The lowest BCUT2D eigenvalue weighted by molar-refractivity contribution is -0.116. The number of amidine groups is 1. The maximum absolute atomic E-state index is 14.7. The lowest BCUT2D eigenvalue weighted by Crippen LogP contribution is -2.45. The molecule has 1 aliphatic rings. The molecule has 11 heteroatoms. The van der Waals surface area contributed by atoms with Crippen LogP contribution in [-0.4, -0.2) is 35.9 Å². The number of nitrogens with two attached hydrogens (primary N) is 1. The molecule has 0 saturated heterocycles. The van der Waals surface area contributed by atoms with E-state index >= 15 is 0 Å². The van der Waals surface area contributed by atoms with Crippen LogP contribution in [0.1, 0.15) is 23.0 Å². The van der Waals surface area contributed by atoms with E-state index in [4.69, 9.17) is 22.1 Å². The highest BCUT2D eigenvalue weighted by molar-refractivity contribution is 6.34. The Morgan fingerprint density at radius 1 is 1.31 bits per heavy atom. The topological polar surface area (TPSA) is 89.6 Å². The van der Waals surface area contributed by atoms with Gasteiger partial charge in [0.1, 0.15) is 36.4 Å². The summed E-state index contributed by atoms with van der Waals surface area (Å²) in [5.41, 5.74) is 2.41. The van der Waals surface area contributed by atoms with Crippen molar-refractivity contribution in [3.05, 3.63) is 58.4 Å². The zero-order valence-electron chi connectivity index (χ0n) is 15.0. The van der Waals surface area contributed by atoms with Crippen molar-refractivity contribution in [2.24, 2.45) is 10.7 Å². The SMILES string of the molecule is C[C@]1(c2cc(NC(=O)c3ncc(F)cc3Cl)ccc2F)N=C(N)COCC1(F)F. The van der Waals surface area contributed by atoms with Gasteiger partial charge < -0.3 is 15.8 Å². The zero-order chi connectivity index (χ0) is 21.4. The number of rotatable bonds is 3. The summed E-state index contributed by atoms with van der Waals surface area (Å²) < 4.78 is 61.8. The van der Waals surface area contributed by atoms with E-state index in [1.807, 2.05) is 0 Å². The summed E-state index contributed by atoms with van der Waals surface area (Å²) >= 11 is 5.79. The molecule has 0 aliphatic carbocycles. The van der Waals surface area contributed by atoms with Gasteiger partial charge in [0.25, 0.3) is 11.8 Å². The molecule has 1 amide bonds. The Balaban J connectivity index is 2.00. The number of anilines is 1. The fraction of sp³-hybridized carbons (Fsp3) is 0.278. The first-order chi connectivity index (χ1) is 13.5. The number of hydrogen-bond donors (Lipinski definition) is 2. The van der Waals surface area contributed by atoms with Crippen LogP contribution in [0.5, 0.6) is 0 Å². The molecule has 0 unspecified atom stereocenters. The zero-order valence-corrected chi connectivity index (χ0v) is 15.7. The number of amides is 1. The molecule has 154 valence electrons. The number of benzene rings is 1. The van der Waals surface area contributed by atoms with Crippen LogP contribution in [0.2, 0.25) is 5.02 Å². The van der Waals surface area contributed by atoms with E-state index in [0.29, 0.717) is 0 Å². The van der Waals surface area contributed by atoms with Crippen LogP contribution in [0.3, 0.4) is 0 Å². The van der Waals surface area contributed by atoms with Gasteiger partial charge in [-0.25, -0.2) is 22.5 Å². The minimum Gasteiger partial charge on any atom is -0.385 e. The highest BCUT2D eigenvalue weighted by Crippen LogP contribution is 2.44. The largest absolute Gasteiger partial charge is 0.385 e. The molecule has 29 heavy (non-hydrogen) atoms. The van der Waals surface area contributed by atoms with Gasteiger partial charge in [0, 0.05) is 11.3 Å². The predicted molar refractivity (Wildman–Crippen MR) is 98.3 cm³/mol. The molecule has 3 rings (SSSR count). The number of ether oxygens (including phenoxy) is 1. The van der Waals surface area contributed by atoms with Crippen molar-refractivity contribution >= 4 is 29.0 Å². The van der Waals surface area contributed by atoms with Gasteiger partial charge in [0.2, 0.25) is 0 Å². The van der Waals surface area contributed by atoms with Gasteiger partial charge >= 0.3 is 0 Å². The van der Waals surface area contributed by atoms with E-state index in [-0.39, 0.29) is 28.8 Å². The molecular formula is C18H15ClF4N4O2. The van der Waals surface area contributed by atoms with Crippen molar-refractivity contribution in [1.29, 1.82) is 0 Å². The van der Waals surface area contributed by atoms with Crippen LogP contribution < -0.4 is 11.1 Å². The third-order valence-electron chi connectivity index (χ3n) is 4.38. The Bertz CT molecular complexity index is 1000. The molecule has 1 aromatic carbocycles. The minimum absolute atomic E-state index is 0.0236. The number of carbonyl (C=O) groups excluding carboxylic acids is 1. The lowest BCUT2D eigenvalue weighted by Gasteiger charge is -2.33. The van der Waals surface area contributed by atoms with Gasteiger partial charge in [0.15, 0.2) is 5.54 Å². The van der Waals surface area contributed by atoms with E-state index < -0.39 is 41.2 Å². The number of carbonyl (C=O) groups is 1. The Morgan fingerprint density at radius 2 is 2.03 bits per heavy atom. The Hall–Kier alpha value is -2.72.